The molecule has 170 valence electrons. The Labute approximate surface area is 184 Å². The van der Waals surface area contributed by atoms with Crippen LogP contribution in [-0.4, -0.2) is 73.0 Å². The normalized spacial score (nSPS) is 25.6. The summed E-state index contributed by atoms with van der Waals surface area (Å²) in [4.78, 5) is 0. The maximum absolute atomic E-state index is 10.2. The summed E-state index contributed by atoms with van der Waals surface area (Å²) >= 11 is 0. The van der Waals surface area contributed by atoms with Crippen LogP contribution in [0, 0.1) is 6.92 Å². The van der Waals surface area contributed by atoms with E-state index >= 15 is 0 Å². The minimum atomic E-state index is -1.53. The number of nitrogens with zero attached hydrogens (tertiary/aromatic N) is 1. The molecule has 9 heteroatoms. The van der Waals surface area contributed by atoms with Gasteiger partial charge in [0, 0.05) is 17.7 Å². The summed E-state index contributed by atoms with van der Waals surface area (Å²) in [6.45, 7) is 1.30. The molecule has 1 saturated heterocycles. The lowest BCUT2D eigenvalue weighted by molar-refractivity contribution is -0.278. The second kappa shape index (κ2) is 9.27. The molecule has 0 radical (unpaired) electrons. The van der Waals surface area contributed by atoms with Crippen molar-refractivity contribution in [2.45, 2.75) is 44.1 Å². The number of phenolic OH excluding ortho intramolecular Hbond substituents is 1. The maximum Gasteiger partial charge on any atom is 0.238 e. The highest BCUT2D eigenvalue weighted by Gasteiger charge is 2.45. The van der Waals surface area contributed by atoms with Gasteiger partial charge in [-0.05, 0) is 35.7 Å². The predicted octanol–water partition coefficient (Wildman–Crippen LogP) is 0.860. The van der Waals surface area contributed by atoms with Crippen LogP contribution in [0.5, 0.6) is 11.6 Å². The van der Waals surface area contributed by atoms with Gasteiger partial charge in [-0.25, -0.2) is 0 Å². The van der Waals surface area contributed by atoms with Gasteiger partial charge in [-0.3, -0.25) is 5.10 Å². The van der Waals surface area contributed by atoms with Crippen molar-refractivity contribution in [3.8, 4) is 22.8 Å². The van der Waals surface area contributed by atoms with Gasteiger partial charge in [0.05, 0.1) is 6.61 Å². The van der Waals surface area contributed by atoms with Crippen molar-refractivity contribution >= 4 is 0 Å². The summed E-state index contributed by atoms with van der Waals surface area (Å²) in [5.41, 5.74) is 4.51. The third-order valence-corrected chi connectivity index (χ3v) is 5.65. The Hall–Kier alpha value is -2.95. The maximum atomic E-state index is 10.2. The van der Waals surface area contributed by atoms with E-state index in [1.54, 1.807) is 12.1 Å². The van der Waals surface area contributed by atoms with Gasteiger partial charge < -0.3 is 35.0 Å². The Bertz CT molecular complexity index is 1030. The number of ether oxygens (including phenoxy) is 2. The van der Waals surface area contributed by atoms with Crippen molar-refractivity contribution in [3.05, 3.63) is 65.4 Å². The number of aryl methyl sites for hydroxylation is 1. The second-order valence-corrected chi connectivity index (χ2v) is 7.87. The number of rotatable bonds is 6. The molecule has 2 heterocycles. The van der Waals surface area contributed by atoms with Gasteiger partial charge in [0.15, 0.2) is 0 Å². The second-order valence-electron chi connectivity index (χ2n) is 7.87. The number of aromatic nitrogens is 2. The van der Waals surface area contributed by atoms with Crippen LogP contribution in [0.2, 0.25) is 0 Å². The molecule has 5 atom stereocenters. The van der Waals surface area contributed by atoms with Gasteiger partial charge in [-0.1, -0.05) is 36.4 Å². The largest absolute Gasteiger partial charge is 0.508 e. The molecule has 1 aromatic heterocycles. The number of aromatic amines is 1. The van der Waals surface area contributed by atoms with Crippen molar-refractivity contribution in [2.24, 2.45) is 0 Å². The molecular formula is C23H26N2O7. The first-order valence-corrected chi connectivity index (χ1v) is 10.3. The van der Waals surface area contributed by atoms with Crippen molar-refractivity contribution in [1.29, 1.82) is 0 Å². The van der Waals surface area contributed by atoms with E-state index in [0.29, 0.717) is 6.42 Å². The first-order chi connectivity index (χ1) is 15.4. The Morgan fingerprint density at radius 2 is 1.56 bits per heavy atom. The van der Waals surface area contributed by atoms with E-state index in [9.17, 15) is 25.5 Å². The van der Waals surface area contributed by atoms with E-state index in [1.807, 2.05) is 43.3 Å². The summed E-state index contributed by atoms with van der Waals surface area (Å²) in [6, 6.07) is 14.9. The molecule has 0 amide bonds. The number of aromatic hydroxyl groups is 1. The minimum absolute atomic E-state index is 0.203. The quantitative estimate of drug-likeness (QED) is 0.329. The fourth-order valence-electron chi connectivity index (χ4n) is 3.68. The third kappa shape index (κ3) is 4.47. The van der Waals surface area contributed by atoms with Gasteiger partial charge >= 0.3 is 0 Å². The van der Waals surface area contributed by atoms with Gasteiger partial charge in [0.25, 0.3) is 0 Å². The number of benzene rings is 2. The Balaban J connectivity index is 1.50. The van der Waals surface area contributed by atoms with Crippen LogP contribution >= 0.6 is 0 Å². The summed E-state index contributed by atoms with van der Waals surface area (Å²) in [6.07, 6.45) is -6.37. The molecule has 9 nitrogen and oxygen atoms in total. The highest BCUT2D eigenvalue weighted by atomic mass is 16.7. The number of aliphatic hydroxyl groups is 4. The number of aliphatic hydroxyl groups excluding tert-OH is 4. The molecular weight excluding hydrogens is 416 g/mol. The van der Waals surface area contributed by atoms with Crippen LogP contribution in [-0.2, 0) is 11.2 Å². The fourth-order valence-corrected chi connectivity index (χ4v) is 3.68. The van der Waals surface area contributed by atoms with Gasteiger partial charge in [-0.15, -0.1) is 5.10 Å². The molecule has 0 spiro atoms. The predicted molar refractivity (Wildman–Crippen MR) is 114 cm³/mol. The van der Waals surface area contributed by atoms with Crippen LogP contribution in [0.3, 0.4) is 0 Å². The average Bonchev–Trinajstić information content (AvgIpc) is 3.14. The van der Waals surface area contributed by atoms with Crippen LogP contribution in [0.25, 0.3) is 11.1 Å². The molecule has 32 heavy (non-hydrogen) atoms. The fraction of sp³-hybridized carbons (Fsp3) is 0.348. The van der Waals surface area contributed by atoms with E-state index in [0.717, 1.165) is 27.9 Å². The van der Waals surface area contributed by atoms with Crippen LogP contribution in [0.1, 0.15) is 16.8 Å². The van der Waals surface area contributed by atoms with E-state index < -0.39 is 37.3 Å². The lowest BCUT2D eigenvalue weighted by Gasteiger charge is -2.39. The lowest BCUT2D eigenvalue weighted by Crippen LogP contribution is -2.60. The van der Waals surface area contributed by atoms with E-state index in [-0.39, 0.29) is 11.6 Å². The number of nitrogens with one attached hydrogen (secondary N) is 1. The van der Waals surface area contributed by atoms with Crippen molar-refractivity contribution in [1.82, 2.24) is 10.2 Å². The van der Waals surface area contributed by atoms with Crippen LogP contribution < -0.4 is 4.74 Å². The van der Waals surface area contributed by atoms with Crippen molar-refractivity contribution in [2.75, 3.05) is 6.61 Å². The molecule has 2 aromatic carbocycles. The van der Waals surface area contributed by atoms with E-state index in [4.69, 9.17) is 9.47 Å². The zero-order chi connectivity index (χ0) is 22.8. The van der Waals surface area contributed by atoms with E-state index in [1.165, 1.54) is 0 Å². The molecule has 0 saturated carbocycles. The number of H-pyrrole nitrogens is 1. The first kappa shape index (κ1) is 22.3. The topological polar surface area (TPSA) is 148 Å². The van der Waals surface area contributed by atoms with Gasteiger partial charge in [0.1, 0.15) is 30.2 Å². The highest BCUT2D eigenvalue weighted by Crippen LogP contribution is 2.29. The summed E-state index contributed by atoms with van der Waals surface area (Å²) in [5, 5.41) is 55.9. The number of hydrogen-bond acceptors (Lipinski definition) is 8. The van der Waals surface area contributed by atoms with Crippen LogP contribution in [0.4, 0.5) is 0 Å². The van der Waals surface area contributed by atoms with Crippen LogP contribution in [0.15, 0.2) is 48.5 Å². The smallest absolute Gasteiger partial charge is 0.238 e. The van der Waals surface area contributed by atoms with Gasteiger partial charge in [0.2, 0.25) is 12.2 Å². The Morgan fingerprint density at radius 3 is 2.19 bits per heavy atom. The SMILES string of the molecule is Cc1[nH]nc(OC2O[C@H](CO)[C@@H](O)[C@H](O)[C@H]2O)c1Cc1ccc(-c2ccc(O)cc2)cc1. The monoisotopic (exact) mass is 442 g/mol. The van der Waals surface area contributed by atoms with E-state index in [2.05, 4.69) is 10.2 Å². The highest BCUT2D eigenvalue weighted by molar-refractivity contribution is 5.64. The Kier molecular flexibility index (Phi) is 6.45. The average molecular weight is 442 g/mol. The number of phenols is 1. The molecule has 1 unspecified atom stereocenters. The molecule has 0 aliphatic carbocycles. The summed E-state index contributed by atoms with van der Waals surface area (Å²) in [7, 11) is 0. The standard InChI is InChI=1S/C23H26N2O7/c1-12-17(10-13-2-4-14(5-3-13)15-6-8-16(27)9-7-15)22(25-24-12)32-23-21(30)20(29)19(28)18(11-26)31-23/h2-9,18-21,23,26-30H,10-11H2,1H3,(H,24,25)/t18-,19-,20+,21-,23?/m1/s1. The molecule has 1 fully saturated rings. The molecule has 1 aliphatic rings. The lowest BCUT2D eigenvalue weighted by atomic mass is 9.99. The van der Waals surface area contributed by atoms with Gasteiger partial charge in [-0.2, -0.15) is 0 Å². The molecule has 4 rings (SSSR count). The van der Waals surface area contributed by atoms with Crippen molar-refractivity contribution in [3.63, 3.8) is 0 Å². The molecule has 1 aliphatic heterocycles. The molecule has 0 bridgehead atoms. The zero-order valence-electron chi connectivity index (χ0n) is 17.4. The molecule has 6 N–H and O–H groups in total. The minimum Gasteiger partial charge on any atom is -0.508 e. The summed E-state index contributed by atoms with van der Waals surface area (Å²) in [5.74, 6) is 0.419. The zero-order valence-corrected chi connectivity index (χ0v) is 17.4. The number of hydrogen-bond donors (Lipinski definition) is 6. The molecule has 3 aromatic rings. The summed E-state index contributed by atoms with van der Waals surface area (Å²) < 4.78 is 11.1. The Morgan fingerprint density at radius 1 is 0.938 bits per heavy atom. The van der Waals surface area contributed by atoms with Crippen molar-refractivity contribution < 1.29 is 35.0 Å². The third-order valence-electron chi connectivity index (χ3n) is 5.65. The first-order valence-electron chi connectivity index (χ1n) is 10.3.